The molecular weight excluding hydrogens is 321 g/mol. The molecule has 0 amide bonds. The molecule has 0 bridgehead atoms. The molecule has 2 heterocycles. The predicted octanol–water partition coefficient (Wildman–Crippen LogP) is 3.90. The van der Waals surface area contributed by atoms with E-state index in [9.17, 15) is 9.18 Å². The summed E-state index contributed by atoms with van der Waals surface area (Å²) in [6, 6.07) is 7.76. The highest BCUT2D eigenvalue weighted by Gasteiger charge is 2.13. The summed E-state index contributed by atoms with van der Waals surface area (Å²) in [6.45, 7) is 0. The van der Waals surface area contributed by atoms with Gasteiger partial charge in [-0.3, -0.25) is 4.79 Å². The Morgan fingerprint density at radius 1 is 1.36 bits per heavy atom. The van der Waals surface area contributed by atoms with Crippen molar-refractivity contribution in [3.63, 3.8) is 0 Å². The van der Waals surface area contributed by atoms with Gasteiger partial charge in [0.15, 0.2) is 16.3 Å². The zero-order chi connectivity index (χ0) is 15.7. The van der Waals surface area contributed by atoms with Crippen molar-refractivity contribution in [2.24, 2.45) is 0 Å². The highest BCUT2D eigenvalue weighted by atomic mass is 32.2. The van der Waals surface area contributed by atoms with Crippen molar-refractivity contribution in [2.45, 2.75) is 4.34 Å². The van der Waals surface area contributed by atoms with Gasteiger partial charge >= 0.3 is 0 Å². The van der Waals surface area contributed by atoms with Crippen LogP contribution in [0, 0.1) is 17.1 Å². The highest BCUT2D eigenvalue weighted by molar-refractivity contribution is 8.00. The third-order valence-corrected chi connectivity index (χ3v) is 5.05. The van der Waals surface area contributed by atoms with E-state index in [1.54, 1.807) is 12.1 Å². The maximum Gasteiger partial charge on any atom is 0.172 e. The number of fused-ring (bicyclic) bond motifs is 1. The number of carbonyl (C=O) groups excluding carboxylic acids is 1. The Kier molecular flexibility index (Phi) is 3.88. The molecule has 0 aliphatic carbocycles. The lowest BCUT2D eigenvalue weighted by atomic mass is 10.0. The van der Waals surface area contributed by atoms with E-state index in [0.717, 1.165) is 9.04 Å². The summed E-state index contributed by atoms with van der Waals surface area (Å²) in [5.74, 6) is -0.588. The minimum atomic E-state index is -0.588. The normalized spacial score (nSPS) is 10.6. The molecule has 0 aliphatic heterocycles. The number of halogens is 1. The van der Waals surface area contributed by atoms with Gasteiger partial charge in [-0.2, -0.15) is 5.26 Å². The molecule has 3 rings (SSSR count). The van der Waals surface area contributed by atoms with Crippen LogP contribution in [0.4, 0.5) is 4.39 Å². The van der Waals surface area contributed by atoms with Crippen LogP contribution in [-0.2, 0) is 0 Å². The Morgan fingerprint density at radius 2 is 2.18 bits per heavy atom. The number of aromatic nitrogens is 2. The number of nitriles is 1. The van der Waals surface area contributed by atoms with Crippen molar-refractivity contribution >= 4 is 39.7 Å². The second kappa shape index (κ2) is 5.83. The number of aldehydes is 1. The first kappa shape index (κ1) is 14.6. The number of thioether (sulfide) groups is 1. The van der Waals surface area contributed by atoms with Gasteiger partial charge in [0.25, 0.3) is 0 Å². The van der Waals surface area contributed by atoms with Gasteiger partial charge in [0.1, 0.15) is 17.6 Å². The molecule has 0 fully saturated rings. The fourth-order valence-corrected chi connectivity index (χ4v) is 3.50. The first-order valence-corrected chi connectivity index (χ1v) is 8.21. The molecular formula is C15H8FN3OS2. The lowest BCUT2D eigenvalue weighted by molar-refractivity contribution is 0.112. The number of hydrogen-bond donors (Lipinski definition) is 0. The van der Waals surface area contributed by atoms with Crippen molar-refractivity contribution in [3.05, 3.63) is 41.3 Å². The van der Waals surface area contributed by atoms with E-state index in [4.69, 9.17) is 5.26 Å². The molecule has 1 aromatic carbocycles. The lowest BCUT2D eigenvalue weighted by Crippen LogP contribution is -1.94. The fraction of sp³-hybridized carbons (Fsp3) is 0.0667. The van der Waals surface area contributed by atoms with Crippen molar-refractivity contribution in [3.8, 4) is 17.2 Å². The number of rotatable bonds is 3. The molecule has 0 atom stereocenters. The van der Waals surface area contributed by atoms with Crippen LogP contribution >= 0.6 is 23.1 Å². The number of pyridine rings is 1. The summed E-state index contributed by atoms with van der Waals surface area (Å²) in [6.07, 6.45) is 2.56. The van der Waals surface area contributed by atoms with E-state index in [2.05, 4.69) is 9.97 Å². The summed E-state index contributed by atoms with van der Waals surface area (Å²) >= 11 is 2.98. The quantitative estimate of drug-likeness (QED) is 0.538. The van der Waals surface area contributed by atoms with E-state index in [0.29, 0.717) is 23.1 Å². The molecule has 0 saturated heterocycles. The predicted molar refractivity (Wildman–Crippen MR) is 84.7 cm³/mol. The topological polar surface area (TPSA) is 66.6 Å². The molecule has 0 unspecified atom stereocenters. The molecule has 0 saturated carbocycles. The molecule has 0 radical (unpaired) electrons. The number of nitrogens with zero attached hydrogens (tertiary/aromatic N) is 3. The summed E-state index contributed by atoms with van der Waals surface area (Å²) in [4.78, 5) is 19.9. The van der Waals surface area contributed by atoms with Gasteiger partial charge in [-0.25, -0.2) is 14.4 Å². The second-order valence-electron chi connectivity index (χ2n) is 4.35. The summed E-state index contributed by atoms with van der Waals surface area (Å²) < 4.78 is 15.1. The van der Waals surface area contributed by atoms with Crippen molar-refractivity contribution in [1.82, 2.24) is 9.97 Å². The number of carbonyl (C=O) groups is 1. The Hall–Kier alpha value is -2.30. The number of hydrogen-bond acceptors (Lipinski definition) is 6. The van der Waals surface area contributed by atoms with Crippen LogP contribution in [0.1, 0.15) is 16.1 Å². The van der Waals surface area contributed by atoms with E-state index in [1.165, 1.54) is 41.3 Å². The summed E-state index contributed by atoms with van der Waals surface area (Å²) in [7, 11) is 0. The van der Waals surface area contributed by atoms with E-state index >= 15 is 0 Å². The molecule has 7 heteroatoms. The van der Waals surface area contributed by atoms with E-state index < -0.39 is 5.82 Å². The van der Waals surface area contributed by atoms with Gasteiger partial charge in [0.2, 0.25) is 0 Å². The van der Waals surface area contributed by atoms with Crippen molar-refractivity contribution in [1.29, 1.82) is 5.26 Å². The van der Waals surface area contributed by atoms with Crippen LogP contribution in [0.5, 0.6) is 0 Å². The smallest absolute Gasteiger partial charge is 0.172 e. The molecule has 3 aromatic rings. The van der Waals surface area contributed by atoms with Gasteiger partial charge in [0.05, 0.1) is 10.3 Å². The van der Waals surface area contributed by atoms with Gasteiger partial charge < -0.3 is 0 Å². The van der Waals surface area contributed by atoms with Crippen LogP contribution in [-0.4, -0.2) is 22.5 Å². The Bertz CT molecular complexity index is 930. The average Bonchev–Trinajstić information content (AvgIpc) is 2.96. The SMILES string of the molecule is CSc1nc2nc(C=O)c(-c3ccc(F)c(C#N)c3)cc2s1. The number of thiazole rings is 1. The van der Waals surface area contributed by atoms with Crippen LogP contribution in [0.3, 0.4) is 0 Å². The van der Waals surface area contributed by atoms with Crippen molar-refractivity contribution < 1.29 is 9.18 Å². The second-order valence-corrected chi connectivity index (χ2v) is 6.44. The van der Waals surface area contributed by atoms with Crippen LogP contribution in [0.25, 0.3) is 21.5 Å². The molecule has 2 aromatic heterocycles. The van der Waals surface area contributed by atoms with Crippen molar-refractivity contribution in [2.75, 3.05) is 6.26 Å². The molecule has 22 heavy (non-hydrogen) atoms. The molecule has 0 aliphatic rings. The number of benzene rings is 1. The minimum Gasteiger partial charge on any atom is -0.296 e. The van der Waals surface area contributed by atoms with Crippen LogP contribution in [0.2, 0.25) is 0 Å². The lowest BCUT2D eigenvalue weighted by Gasteiger charge is -2.05. The maximum absolute atomic E-state index is 13.5. The zero-order valence-corrected chi connectivity index (χ0v) is 13.0. The summed E-state index contributed by atoms with van der Waals surface area (Å²) in [5.41, 5.74) is 1.82. The standard InChI is InChI=1S/C15H8FN3OS2/c1-21-15-19-14-13(22-15)5-10(12(7-20)18-14)8-2-3-11(16)9(4-8)6-17/h2-5,7H,1H3. The maximum atomic E-state index is 13.5. The van der Waals surface area contributed by atoms with Gasteiger partial charge in [-0.15, -0.1) is 11.3 Å². The molecule has 108 valence electrons. The third kappa shape index (κ3) is 2.47. The van der Waals surface area contributed by atoms with E-state index in [-0.39, 0.29) is 11.3 Å². The van der Waals surface area contributed by atoms with Crippen LogP contribution in [0.15, 0.2) is 28.6 Å². The molecule has 4 nitrogen and oxygen atoms in total. The molecule has 0 spiro atoms. The average molecular weight is 329 g/mol. The van der Waals surface area contributed by atoms with E-state index in [1.807, 2.05) is 6.26 Å². The minimum absolute atomic E-state index is 0.0662. The largest absolute Gasteiger partial charge is 0.296 e. The Morgan fingerprint density at radius 3 is 2.86 bits per heavy atom. The monoisotopic (exact) mass is 329 g/mol. The van der Waals surface area contributed by atoms with Gasteiger partial charge in [0, 0.05) is 5.56 Å². The highest BCUT2D eigenvalue weighted by Crippen LogP contribution is 2.32. The zero-order valence-electron chi connectivity index (χ0n) is 11.3. The fourth-order valence-electron chi connectivity index (χ4n) is 2.04. The first-order chi connectivity index (χ1) is 10.7. The third-order valence-electron chi connectivity index (χ3n) is 3.08. The Balaban J connectivity index is 2.25. The van der Waals surface area contributed by atoms with Crippen LogP contribution < -0.4 is 0 Å². The van der Waals surface area contributed by atoms with Gasteiger partial charge in [-0.1, -0.05) is 17.8 Å². The Labute approximate surface area is 133 Å². The molecule has 0 N–H and O–H groups in total. The summed E-state index contributed by atoms with van der Waals surface area (Å²) in [5, 5.41) is 8.94. The van der Waals surface area contributed by atoms with Gasteiger partial charge in [-0.05, 0) is 30.0 Å². The first-order valence-electron chi connectivity index (χ1n) is 6.17.